The van der Waals surface area contributed by atoms with Gasteiger partial charge in [0.15, 0.2) is 0 Å². The molecule has 0 unspecified atom stereocenters. The van der Waals surface area contributed by atoms with Crippen molar-refractivity contribution in [1.29, 1.82) is 0 Å². The molecule has 0 spiro atoms. The monoisotopic (exact) mass is 362 g/mol. The highest BCUT2D eigenvalue weighted by molar-refractivity contribution is 9.10. The molecule has 1 N–H and O–H groups in total. The van der Waals surface area contributed by atoms with Gasteiger partial charge in [-0.05, 0) is 38.1 Å². The van der Waals surface area contributed by atoms with E-state index in [2.05, 4.69) is 26.3 Å². The highest BCUT2D eigenvalue weighted by Gasteiger charge is 2.23. The maximum atomic E-state index is 12.5. The number of hydrogen-bond donors (Lipinski definition) is 1. The van der Waals surface area contributed by atoms with Crippen LogP contribution in [0, 0.1) is 0 Å². The van der Waals surface area contributed by atoms with Gasteiger partial charge in [-0.15, -0.1) is 0 Å². The number of nitrogens with one attached hydrogen (secondary N) is 1. The van der Waals surface area contributed by atoms with Crippen molar-refractivity contribution in [3.8, 4) is 5.69 Å². The second-order valence-corrected chi connectivity index (χ2v) is 6.42. The molecular weight excluding hydrogens is 344 g/mol. The maximum absolute atomic E-state index is 12.5. The van der Waals surface area contributed by atoms with E-state index in [4.69, 9.17) is 0 Å². The van der Waals surface area contributed by atoms with Crippen LogP contribution in [-0.2, 0) is 0 Å². The number of piperidine rings is 1. The maximum Gasteiger partial charge on any atom is 0.257 e. The Morgan fingerprint density at radius 1 is 1.36 bits per heavy atom. The standard InChI is InChI=1S/C16H19BrN4O/c1-18-14-5-7-20(8-6-14)16(22)12-10-19-21(11-12)15-4-2-3-13(17)9-15/h2-4,9-11,14,18H,5-8H2,1H3. The molecule has 22 heavy (non-hydrogen) atoms. The van der Waals surface area contributed by atoms with E-state index >= 15 is 0 Å². The molecule has 0 atom stereocenters. The van der Waals surface area contributed by atoms with Crippen molar-refractivity contribution in [3.63, 3.8) is 0 Å². The average Bonchev–Trinajstić information content (AvgIpc) is 3.04. The molecule has 1 aliphatic heterocycles. The van der Waals surface area contributed by atoms with Crippen molar-refractivity contribution in [2.24, 2.45) is 0 Å². The number of likely N-dealkylation sites (tertiary alicyclic amines) is 1. The van der Waals surface area contributed by atoms with Crippen molar-refractivity contribution in [1.82, 2.24) is 20.0 Å². The number of carbonyl (C=O) groups is 1. The molecule has 0 bridgehead atoms. The average molecular weight is 363 g/mol. The van der Waals surface area contributed by atoms with Gasteiger partial charge >= 0.3 is 0 Å². The summed E-state index contributed by atoms with van der Waals surface area (Å²) in [5, 5.41) is 7.59. The van der Waals surface area contributed by atoms with E-state index in [0.29, 0.717) is 11.6 Å². The summed E-state index contributed by atoms with van der Waals surface area (Å²) in [7, 11) is 1.98. The molecule has 1 aromatic carbocycles. The van der Waals surface area contributed by atoms with E-state index in [1.165, 1.54) is 0 Å². The Labute approximate surface area is 138 Å². The molecule has 0 radical (unpaired) electrons. The van der Waals surface area contributed by atoms with E-state index < -0.39 is 0 Å². The third-order valence-electron chi connectivity index (χ3n) is 4.09. The van der Waals surface area contributed by atoms with Crippen molar-refractivity contribution in [3.05, 3.63) is 46.7 Å². The zero-order valence-electron chi connectivity index (χ0n) is 12.5. The Hall–Kier alpha value is -1.66. The van der Waals surface area contributed by atoms with E-state index in [-0.39, 0.29) is 5.91 Å². The summed E-state index contributed by atoms with van der Waals surface area (Å²) in [6.45, 7) is 1.60. The fourth-order valence-corrected chi connectivity index (χ4v) is 3.13. The molecule has 2 aromatic rings. The normalized spacial score (nSPS) is 16.0. The minimum absolute atomic E-state index is 0.0656. The van der Waals surface area contributed by atoms with E-state index in [1.54, 1.807) is 17.1 Å². The molecular formula is C16H19BrN4O. The number of nitrogens with zero attached hydrogens (tertiary/aromatic N) is 3. The van der Waals surface area contributed by atoms with Crippen molar-refractivity contribution < 1.29 is 4.79 Å². The first-order valence-corrected chi connectivity index (χ1v) is 8.24. The van der Waals surface area contributed by atoms with Gasteiger partial charge in [0.25, 0.3) is 5.91 Å². The fraction of sp³-hybridized carbons (Fsp3) is 0.375. The number of carbonyl (C=O) groups excluding carboxylic acids is 1. The van der Waals surface area contributed by atoms with Gasteiger partial charge in [0, 0.05) is 29.8 Å². The lowest BCUT2D eigenvalue weighted by Gasteiger charge is -2.31. The van der Waals surface area contributed by atoms with E-state index in [1.807, 2.05) is 36.2 Å². The molecule has 0 saturated carbocycles. The highest BCUT2D eigenvalue weighted by Crippen LogP contribution is 2.17. The lowest BCUT2D eigenvalue weighted by atomic mass is 10.0. The zero-order chi connectivity index (χ0) is 15.5. The lowest BCUT2D eigenvalue weighted by Crippen LogP contribution is -2.43. The number of aromatic nitrogens is 2. The zero-order valence-corrected chi connectivity index (χ0v) is 14.1. The van der Waals surface area contributed by atoms with Gasteiger partial charge in [-0.25, -0.2) is 4.68 Å². The second-order valence-electron chi connectivity index (χ2n) is 5.51. The predicted molar refractivity (Wildman–Crippen MR) is 89.2 cm³/mol. The van der Waals surface area contributed by atoms with Crippen LogP contribution in [0.2, 0.25) is 0 Å². The van der Waals surface area contributed by atoms with Crippen LogP contribution in [0.3, 0.4) is 0 Å². The Balaban J connectivity index is 1.72. The van der Waals surface area contributed by atoms with Crippen LogP contribution in [0.1, 0.15) is 23.2 Å². The summed E-state index contributed by atoms with van der Waals surface area (Å²) in [4.78, 5) is 14.5. The second kappa shape index (κ2) is 6.62. The quantitative estimate of drug-likeness (QED) is 0.912. The minimum Gasteiger partial charge on any atom is -0.338 e. The van der Waals surface area contributed by atoms with Gasteiger partial charge in [-0.2, -0.15) is 5.10 Å². The highest BCUT2D eigenvalue weighted by atomic mass is 79.9. The lowest BCUT2D eigenvalue weighted by molar-refractivity contribution is 0.0707. The van der Waals surface area contributed by atoms with Gasteiger partial charge in [0.1, 0.15) is 0 Å². The summed E-state index contributed by atoms with van der Waals surface area (Å²) >= 11 is 3.45. The molecule has 3 rings (SSSR count). The molecule has 0 aliphatic carbocycles. The first-order chi connectivity index (χ1) is 10.7. The molecule has 2 heterocycles. The van der Waals surface area contributed by atoms with Crippen molar-refractivity contribution in [2.75, 3.05) is 20.1 Å². The smallest absolute Gasteiger partial charge is 0.257 e. The molecule has 1 fully saturated rings. The molecule has 1 amide bonds. The van der Waals surface area contributed by atoms with Crippen LogP contribution >= 0.6 is 15.9 Å². The van der Waals surface area contributed by atoms with E-state index in [9.17, 15) is 4.79 Å². The molecule has 5 nitrogen and oxygen atoms in total. The third kappa shape index (κ3) is 3.23. The Morgan fingerprint density at radius 3 is 2.82 bits per heavy atom. The topological polar surface area (TPSA) is 50.2 Å². The Bertz CT molecular complexity index is 662. The van der Waals surface area contributed by atoms with E-state index in [0.717, 1.165) is 36.1 Å². The summed E-state index contributed by atoms with van der Waals surface area (Å²) in [5.41, 5.74) is 1.57. The Morgan fingerprint density at radius 2 is 2.14 bits per heavy atom. The van der Waals surface area contributed by atoms with Gasteiger partial charge in [-0.3, -0.25) is 4.79 Å². The van der Waals surface area contributed by atoms with Gasteiger partial charge < -0.3 is 10.2 Å². The number of hydrogen-bond acceptors (Lipinski definition) is 3. The summed E-state index contributed by atoms with van der Waals surface area (Å²) in [6, 6.07) is 8.37. The van der Waals surface area contributed by atoms with Gasteiger partial charge in [-0.1, -0.05) is 22.0 Å². The molecule has 6 heteroatoms. The predicted octanol–water partition coefficient (Wildman–Crippen LogP) is 2.46. The molecule has 1 aromatic heterocycles. The number of rotatable bonds is 3. The number of benzene rings is 1. The molecule has 1 saturated heterocycles. The Kier molecular flexibility index (Phi) is 4.59. The van der Waals surface area contributed by atoms with Crippen LogP contribution in [0.15, 0.2) is 41.1 Å². The van der Waals surface area contributed by atoms with Gasteiger partial charge in [0.2, 0.25) is 0 Å². The molecule has 1 aliphatic rings. The SMILES string of the molecule is CNC1CCN(C(=O)c2cnn(-c3cccc(Br)c3)c2)CC1. The largest absolute Gasteiger partial charge is 0.338 e. The first kappa shape index (κ1) is 15.2. The van der Waals surface area contributed by atoms with Crippen LogP contribution in [-0.4, -0.2) is 46.8 Å². The third-order valence-corrected chi connectivity index (χ3v) is 4.59. The van der Waals surface area contributed by atoms with Crippen LogP contribution in [0.5, 0.6) is 0 Å². The number of amides is 1. The summed E-state index contributed by atoms with van der Waals surface area (Å²) in [6.07, 6.45) is 5.45. The van der Waals surface area contributed by atoms with Crippen molar-refractivity contribution in [2.45, 2.75) is 18.9 Å². The number of halogens is 1. The summed E-state index contributed by atoms with van der Waals surface area (Å²) < 4.78 is 2.72. The molecule has 116 valence electrons. The van der Waals surface area contributed by atoms with Crippen molar-refractivity contribution >= 4 is 21.8 Å². The summed E-state index contributed by atoms with van der Waals surface area (Å²) in [5.74, 6) is 0.0656. The first-order valence-electron chi connectivity index (χ1n) is 7.44. The fourth-order valence-electron chi connectivity index (χ4n) is 2.75. The van der Waals surface area contributed by atoms with Crippen LogP contribution < -0.4 is 5.32 Å². The van der Waals surface area contributed by atoms with Crippen LogP contribution in [0.25, 0.3) is 5.69 Å². The minimum atomic E-state index is 0.0656. The van der Waals surface area contributed by atoms with Gasteiger partial charge in [0.05, 0.1) is 17.4 Å². The van der Waals surface area contributed by atoms with Crippen LogP contribution in [0.4, 0.5) is 0 Å².